The van der Waals surface area contributed by atoms with Gasteiger partial charge >= 0.3 is 11.9 Å². The monoisotopic (exact) mass is 449 g/mol. The second-order valence-corrected chi connectivity index (χ2v) is 8.62. The molecular formula is C25H23NO5S. The minimum atomic E-state index is -0.851. The molecule has 1 atom stereocenters. The standard InChI is InChI=1S/C25H23NO5S/c1-16(24(28)26-13-11-23-21(15-26)12-14-32-23)30-25(29)20-5-3-18(4-6-20)19-7-9-22(10-8-19)31-17(2)27/h3-10,12,14,16H,11,13,15H2,1-2H3. The molecule has 1 aliphatic rings. The van der Waals surface area contributed by atoms with Crippen LogP contribution in [-0.2, 0) is 27.3 Å². The third kappa shape index (κ3) is 4.89. The Morgan fingerprint density at radius 2 is 1.62 bits per heavy atom. The summed E-state index contributed by atoms with van der Waals surface area (Å²) >= 11 is 1.71. The van der Waals surface area contributed by atoms with Crippen LogP contribution in [-0.4, -0.2) is 35.4 Å². The Kier molecular flexibility index (Phi) is 6.37. The van der Waals surface area contributed by atoms with Crippen LogP contribution in [0.25, 0.3) is 11.1 Å². The van der Waals surface area contributed by atoms with E-state index in [2.05, 4.69) is 0 Å². The van der Waals surface area contributed by atoms with E-state index in [4.69, 9.17) is 9.47 Å². The second kappa shape index (κ2) is 9.36. The molecule has 164 valence electrons. The van der Waals surface area contributed by atoms with Crippen molar-refractivity contribution in [2.24, 2.45) is 0 Å². The smallest absolute Gasteiger partial charge is 0.338 e. The highest BCUT2D eigenvalue weighted by atomic mass is 32.1. The highest BCUT2D eigenvalue weighted by Gasteiger charge is 2.27. The molecule has 0 bridgehead atoms. The van der Waals surface area contributed by atoms with Crippen LogP contribution in [0.15, 0.2) is 60.0 Å². The number of fused-ring (bicyclic) bond motifs is 1. The summed E-state index contributed by atoms with van der Waals surface area (Å²) in [6.45, 7) is 4.16. The van der Waals surface area contributed by atoms with E-state index in [-0.39, 0.29) is 11.9 Å². The van der Waals surface area contributed by atoms with Crippen LogP contribution < -0.4 is 4.74 Å². The molecule has 0 N–H and O–H groups in total. The molecule has 2 aromatic carbocycles. The largest absolute Gasteiger partial charge is 0.449 e. The second-order valence-electron chi connectivity index (χ2n) is 7.62. The van der Waals surface area contributed by atoms with Gasteiger partial charge < -0.3 is 14.4 Å². The Balaban J connectivity index is 1.36. The van der Waals surface area contributed by atoms with Gasteiger partial charge in [0.05, 0.1) is 5.56 Å². The van der Waals surface area contributed by atoms with Crippen molar-refractivity contribution in [2.75, 3.05) is 6.54 Å². The summed E-state index contributed by atoms with van der Waals surface area (Å²) < 4.78 is 10.5. The summed E-state index contributed by atoms with van der Waals surface area (Å²) in [4.78, 5) is 39.4. The number of amides is 1. The lowest BCUT2D eigenvalue weighted by Gasteiger charge is -2.29. The van der Waals surface area contributed by atoms with Gasteiger partial charge in [0.25, 0.3) is 5.91 Å². The van der Waals surface area contributed by atoms with Crippen LogP contribution in [0.1, 0.15) is 34.6 Å². The predicted molar refractivity (Wildman–Crippen MR) is 122 cm³/mol. The molecule has 0 spiro atoms. The molecule has 0 saturated carbocycles. The molecule has 1 amide bonds. The zero-order valence-corrected chi connectivity index (χ0v) is 18.7. The van der Waals surface area contributed by atoms with Crippen LogP contribution in [0.2, 0.25) is 0 Å². The predicted octanol–water partition coefficient (Wildman–Crippen LogP) is 4.47. The third-order valence-electron chi connectivity index (χ3n) is 5.32. The van der Waals surface area contributed by atoms with Gasteiger partial charge in [0.2, 0.25) is 0 Å². The SMILES string of the molecule is CC(=O)Oc1ccc(-c2ccc(C(=O)OC(C)C(=O)N3CCc4sccc4C3)cc2)cc1. The highest BCUT2D eigenvalue weighted by Crippen LogP contribution is 2.25. The van der Waals surface area contributed by atoms with Gasteiger partial charge in [-0.25, -0.2) is 4.79 Å². The molecule has 0 fully saturated rings. The Morgan fingerprint density at radius 1 is 0.969 bits per heavy atom. The van der Waals surface area contributed by atoms with E-state index in [0.717, 1.165) is 17.5 Å². The minimum Gasteiger partial charge on any atom is -0.449 e. The van der Waals surface area contributed by atoms with Gasteiger partial charge in [0.1, 0.15) is 5.75 Å². The van der Waals surface area contributed by atoms with Gasteiger partial charge in [-0.15, -0.1) is 11.3 Å². The number of hydrogen-bond acceptors (Lipinski definition) is 6. The maximum absolute atomic E-state index is 12.8. The molecule has 7 heteroatoms. The normalized spacial score (nSPS) is 13.8. The van der Waals surface area contributed by atoms with Crippen molar-refractivity contribution in [3.63, 3.8) is 0 Å². The van der Waals surface area contributed by atoms with Crippen LogP contribution in [0.5, 0.6) is 5.75 Å². The van der Waals surface area contributed by atoms with Crippen molar-refractivity contribution >= 4 is 29.2 Å². The number of thiophene rings is 1. The van der Waals surface area contributed by atoms with E-state index in [1.807, 2.05) is 35.7 Å². The maximum atomic E-state index is 12.8. The van der Waals surface area contributed by atoms with Crippen molar-refractivity contribution in [3.8, 4) is 16.9 Å². The fraction of sp³-hybridized carbons (Fsp3) is 0.240. The molecular weight excluding hydrogens is 426 g/mol. The maximum Gasteiger partial charge on any atom is 0.338 e. The van der Waals surface area contributed by atoms with E-state index in [9.17, 15) is 14.4 Å². The first kappa shape index (κ1) is 21.8. The number of rotatable bonds is 5. The summed E-state index contributed by atoms with van der Waals surface area (Å²) in [7, 11) is 0. The molecule has 6 nitrogen and oxygen atoms in total. The molecule has 1 unspecified atom stereocenters. The number of hydrogen-bond donors (Lipinski definition) is 0. The molecule has 2 heterocycles. The molecule has 0 radical (unpaired) electrons. The lowest BCUT2D eigenvalue weighted by molar-refractivity contribution is -0.140. The van der Waals surface area contributed by atoms with E-state index in [0.29, 0.717) is 24.4 Å². The van der Waals surface area contributed by atoms with Crippen molar-refractivity contribution in [2.45, 2.75) is 32.9 Å². The van der Waals surface area contributed by atoms with Gasteiger partial charge in [0.15, 0.2) is 6.10 Å². The van der Waals surface area contributed by atoms with Gasteiger partial charge in [-0.1, -0.05) is 24.3 Å². The first-order chi connectivity index (χ1) is 15.4. The molecule has 32 heavy (non-hydrogen) atoms. The number of esters is 2. The lowest BCUT2D eigenvalue weighted by atomic mass is 10.0. The molecule has 1 aromatic heterocycles. The van der Waals surface area contributed by atoms with Crippen molar-refractivity contribution in [3.05, 3.63) is 76.0 Å². The Bertz CT molecular complexity index is 1130. The Hall–Kier alpha value is -3.45. The number of carbonyl (C=O) groups excluding carboxylic acids is 3. The van der Waals surface area contributed by atoms with Crippen molar-refractivity contribution < 1.29 is 23.9 Å². The summed E-state index contributed by atoms with van der Waals surface area (Å²) in [5.41, 5.74) is 3.37. The Labute approximate surface area is 190 Å². The molecule has 4 rings (SSSR count). The highest BCUT2D eigenvalue weighted by molar-refractivity contribution is 7.10. The summed E-state index contributed by atoms with van der Waals surface area (Å²) in [5.74, 6) is -0.607. The summed E-state index contributed by atoms with van der Waals surface area (Å²) in [6.07, 6.45) is -0.0147. The van der Waals surface area contributed by atoms with Crippen LogP contribution in [0.4, 0.5) is 0 Å². The minimum absolute atomic E-state index is 0.181. The number of benzene rings is 2. The van der Waals surface area contributed by atoms with E-state index in [1.165, 1.54) is 17.4 Å². The average Bonchev–Trinajstić information content (AvgIpc) is 3.26. The first-order valence-electron chi connectivity index (χ1n) is 10.3. The lowest BCUT2D eigenvalue weighted by Crippen LogP contribution is -2.42. The van der Waals surface area contributed by atoms with Crippen LogP contribution >= 0.6 is 11.3 Å². The van der Waals surface area contributed by atoms with Gasteiger partial charge in [-0.05, 0) is 65.7 Å². The molecule has 3 aromatic rings. The molecule has 0 saturated heterocycles. The van der Waals surface area contributed by atoms with Crippen molar-refractivity contribution in [1.29, 1.82) is 0 Å². The number of nitrogens with zero attached hydrogens (tertiary/aromatic N) is 1. The van der Waals surface area contributed by atoms with Gasteiger partial charge in [-0.3, -0.25) is 9.59 Å². The van der Waals surface area contributed by atoms with Crippen LogP contribution in [0, 0.1) is 0 Å². The zero-order chi connectivity index (χ0) is 22.7. The van der Waals surface area contributed by atoms with E-state index >= 15 is 0 Å². The fourth-order valence-electron chi connectivity index (χ4n) is 3.65. The van der Waals surface area contributed by atoms with Crippen molar-refractivity contribution in [1.82, 2.24) is 4.90 Å². The summed E-state index contributed by atoms with van der Waals surface area (Å²) in [6, 6.07) is 16.1. The first-order valence-corrected chi connectivity index (χ1v) is 11.2. The van der Waals surface area contributed by atoms with E-state index < -0.39 is 12.1 Å². The average molecular weight is 450 g/mol. The zero-order valence-electron chi connectivity index (χ0n) is 17.9. The quantitative estimate of drug-likeness (QED) is 0.424. The number of carbonyl (C=O) groups is 3. The molecule has 0 aliphatic carbocycles. The van der Waals surface area contributed by atoms with Crippen LogP contribution in [0.3, 0.4) is 0 Å². The van der Waals surface area contributed by atoms with E-state index in [1.54, 1.807) is 47.4 Å². The molecule has 1 aliphatic heterocycles. The van der Waals surface area contributed by atoms with Gasteiger partial charge in [-0.2, -0.15) is 0 Å². The fourth-order valence-corrected chi connectivity index (χ4v) is 4.54. The van der Waals surface area contributed by atoms with Gasteiger partial charge in [0, 0.05) is 24.9 Å². The summed E-state index contributed by atoms with van der Waals surface area (Å²) in [5, 5.41) is 2.04. The Morgan fingerprint density at radius 3 is 2.28 bits per heavy atom. The third-order valence-corrected chi connectivity index (χ3v) is 6.34. The number of ether oxygens (including phenoxy) is 2. The topological polar surface area (TPSA) is 72.9 Å².